The minimum atomic E-state index is -0.707. The summed E-state index contributed by atoms with van der Waals surface area (Å²) in [4.78, 5) is 25.5. The molecule has 2 N–H and O–H groups in total. The molecule has 1 amide bonds. The molecule has 1 unspecified atom stereocenters. The minimum Gasteiger partial charge on any atom is -0.481 e. The number of hydrogen-bond donors (Lipinski definition) is 2. The second-order valence-electron chi connectivity index (χ2n) is 5.79. The van der Waals surface area contributed by atoms with E-state index in [1.807, 2.05) is 13.8 Å². The Morgan fingerprint density at radius 1 is 1.38 bits per heavy atom. The number of nitrogens with one attached hydrogen (secondary N) is 1. The van der Waals surface area contributed by atoms with Crippen LogP contribution in [0.15, 0.2) is 0 Å². The lowest BCUT2D eigenvalue weighted by atomic mass is 9.76. The molecule has 21 heavy (non-hydrogen) atoms. The molecule has 6 nitrogen and oxygen atoms in total. The molecule has 6 heteroatoms. The van der Waals surface area contributed by atoms with Crippen LogP contribution in [-0.2, 0) is 14.3 Å². The van der Waals surface area contributed by atoms with Gasteiger partial charge in [0.05, 0.1) is 11.5 Å². The highest BCUT2D eigenvalue weighted by Gasteiger charge is 2.41. The van der Waals surface area contributed by atoms with Gasteiger partial charge < -0.3 is 15.2 Å². The SMILES string of the molecule is CCC1(C(=O)O)CCN(C(C)C(=O)NCCCOC)CC1. The lowest BCUT2D eigenvalue weighted by Crippen LogP contribution is -2.51. The van der Waals surface area contributed by atoms with Gasteiger partial charge in [-0.3, -0.25) is 14.5 Å². The maximum absolute atomic E-state index is 12.1. The first-order chi connectivity index (χ1) is 9.96. The number of carbonyl (C=O) groups is 2. The Bertz CT molecular complexity index is 352. The van der Waals surface area contributed by atoms with E-state index in [0.29, 0.717) is 45.5 Å². The molecule has 1 rings (SSSR count). The Kier molecular flexibility index (Phi) is 7.11. The second kappa shape index (κ2) is 8.34. The lowest BCUT2D eigenvalue weighted by molar-refractivity contribution is -0.152. The van der Waals surface area contributed by atoms with Crippen molar-refractivity contribution in [3.63, 3.8) is 0 Å². The molecule has 1 fully saturated rings. The van der Waals surface area contributed by atoms with E-state index in [9.17, 15) is 14.7 Å². The summed E-state index contributed by atoms with van der Waals surface area (Å²) in [7, 11) is 1.64. The third-order valence-corrected chi connectivity index (χ3v) is 4.64. The quantitative estimate of drug-likeness (QED) is 0.656. The molecule has 0 radical (unpaired) electrons. The molecule has 0 spiro atoms. The molecule has 1 aliphatic heterocycles. The third kappa shape index (κ3) is 4.68. The molecular formula is C15H28N2O4. The molecule has 1 heterocycles. The van der Waals surface area contributed by atoms with Gasteiger partial charge in [0.2, 0.25) is 5.91 Å². The number of methoxy groups -OCH3 is 1. The highest BCUT2D eigenvalue weighted by Crippen LogP contribution is 2.35. The van der Waals surface area contributed by atoms with E-state index in [2.05, 4.69) is 10.2 Å². The third-order valence-electron chi connectivity index (χ3n) is 4.64. The van der Waals surface area contributed by atoms with E-state index in [1.54, 1.807) is 7.11 Å². The van der Waals surface area contributed by atoms with Crippen LogP contribution in [0.5, 0.6) is 0 Å². The van der Waals surface area contributed by atoms with E-state index in [1.165, 1.54) is 0 Å². The number of carboxylic acid groups (broad SMARTS) is 1. The van der Waals surface area contributed by atoms with Gasteiger partial charge in [0.25, 0.3) is 0 Å². The number of nitrogens with zero attached hydrogens (tertiary/aromatic N) is 1. The molecule has 0 aromatic rings. The van der Waals surface area contributed by atoms with Crippen LogP contribution in [0.25, 0.3) is 0 Å². The van der Waals surface area contributed by atoms with Crippen LogP contribution in [0.3, 0.4) is 0 Å². The highest BCUT2D eigenvalue weighted by atomic mass is 16.5. The summed E-state index contributed by atoms with van der Waals surface area (Å²) >= 11 is 0. The van der Waals surface area contributed by atoms with Gasteiger partial charge in [-0.05, 0) is 32.6 Å². The van der Waals surface area contributed by atoms with E-state index in [4.69, 9.17) is 4.74 Å². The molecule has 122 valence electrons. The summed E-state index contributed by atoms with van der Waals surface area (Å²) in [6.07, 6.45) is 2.67. The van der Waals surface area contributed by atoms with Crippen molar-refractivity contribution < 1.29 is 19.4 Å². The molecule has 1 atom stereocenters. The zero-order valence-corrected chi connectivity index (χ0v) is 13.4. The van der Waals surface area contributed by atoms with Crippen molar-refractivity contribution in [3.8, 4) is 0 Å². The molecule has 0 saturated carbocycles. The number of aliphatic carboxylic acids is 1. The molecule has 1 aliphatic rings. The summed E-state index contributed by atoms with van der Waals surface area (Å²) < 4.78 is 4.94. The number of rotatable bonds is 8. The van der Waals surface area contributed by atoms with E-state index >= 15 is 0 Å². The Hall–Kier alpha value is -1.14. The van der Waals surface area contributed by atoms with Crippen LogP contribution in [0, 0.1) is 5.41 Å². The summed E-state index contributed by atoms with van der Waals surface area (Å²) in [5, 5.41) is 12.3. The Morgan fingerprint density at radius 3 is 2.48 bits per heavy atom. The van der Waals surface area contributed by atoms with Gasteiger partial charge >= 0.3 is 5.97 Å². The first kappa shape index (κ1) is 17.9. The van der Waals surface area contributed by atoms with Crippen molar-refractivity contribution in [2.45, 2.75) is 45.6 Å². The normalized spacial score (nSPS) is 20.0. The predicted molar refractivity (Wildman–Crippen MR) is 80.1 cm³/mol. The minimum absolute atomic E-state index is 0.00502. The first-order valence-corrected chi connectivity index (χ1v) is 7.71. The largest absolute Gasteiger partial charge is 0.481 e. The predicted octanol–water partition coefficient (Wildman–Crippen LogP) is 1.10. The number of piperidine rings is 1. The van der Waals surface area contributed by atoms with E-state index < -0.39 is 11.4 Å². The number of ether oxygens (including phenoxy) is 1. The van der Waals surface area contributed by atoms with Crippen LogP contribution < -0.4 is 5.32 Å². The van der Waals surface area contributed by atoms with Gasteiger partial charge in [0.15, 0.2) is 0 Å². The highest BCUT2D eigenvalue weighted by molar-refractivity contribution is 5.81. The van der Waals surface area contributed by atoms with Gasteiger partial charge in [-0.2, -0.15) is 0 Å². The average molecular weight is 300 g/mol. The number of likely N-dealkylation sites (tertiary alicyclic amines) is 1. The Balaban J connectivity index is 2.42. The first-order valence-electron chi connectivity index (χ1n) is 7.71. The maximum atomic E-state index is 12.1. The van der Waals surface area contributed by atoms with Crippen molar-refractivity contribution in [2.24, 2.45) is 5.41 Å². The number of carbonyl (C=O) groups excluding carboxylic acids is 1. The molecule has 0 aliphatic carbocycles. The van der Waals surface area contributed by atoms with Gasteiger partial charge in [-0.15, -0.1) is 0 Å². The fourth-order valence-corrected chi connectivity index (χ4v) is 2.80. The van der Waals surface area contributed by atoms with E-state index in [0.717, 1.165) is 6.42 Å². The number of amides is 1. The van der Waals surface area contributed by atoms with Crippen molar-refractivity contribution in [1.82, 2.24) is 10.2 Å². The fraction of sp³-hybridized carbons (Fsp3) is 0.867. The van der Waals surface area contributed by atoms with Crippen LogP contribution in [0.4, 0.5) is 0 Å². The molecular weight excluding hydrogens is 272 g/mol. The summed E-state index contributed by atoms with van der Waals surface area (Å²) in [6, 6.07) is -0.212. The topological polar surface area (TPSA) is 78.9 Å². The zero-order valence-electron chi connectivity index (χ0n) is 13.4. The van der Waals surface area contributed by atoms with Crippen molar-refractivity contribution in [1.29, 1.82) is 0 Å². The standard InChI is InChI=1S/C15H28N2O4/c1-4-15(14(19)20)6-9-17(10-7-15)12(2)13(18)16-8-5-11-21-3/h12H,4-11H2,1-3H3,(H,16,18)(H,19,20). The smallest absolute Gasteiger partial charge is 0.309 e. The number of hydrogen-bond acceptors (Lipinski definition) is 4. The van der Waals surface area contributed by atoms with Gasteiger partial charge in [0.1, 0.15) is 0 Å². The average Bonchev–Trinajstić information content (AvgIpc) is 2.50. The van der Waals surface area contributed by atoms with Gasteiger partial charge in [-0.1, -0.05) is 6.92 Å². The summed E-state index contributed by atoms with van der Waals surface area (Å²) in [6.45, 7) is 6.37. The Morgan fingerprint density at radius 2 is 2.00 bits per heavy atom. The monoisotopic (exact) mass is 300 g/mol. The molecule has 0 bridgehead atoms. The van der Waals surface area contributed by atoms with Crippen molar-refractivity contribution in [3.05, 3.63) is 0 Å². The molecule has 0 aromatic carbocycles. The van der Waals surface area contributed by atoms with Crippen LogP contribution in [-0.4, -0.2) is 61.3 Å². The van der Waals surface area contributed by atoms with Crippen LogP contribution in [0.1, 0.15) is 39.5 Å². The molecule has 0 aromatic heterocycles. The lowest BCUT2D eigenvalue weighted by Gasteiger charge is -2.40. The Labute approximate surface area is 126 Å². The molecule has 1 saturated heterocycles. The van der Waals surface area contributed by atoms with Crippen molar-refractivity contribution in [2.75, 3.05) is 33.4 Å². The number of carboxylic acids is 1. The summed E-state index contributed by atoms with van der Waals surface area (Å²) in [5.41, 5.74) is -0.606. The summed E-state index contributed by atoms with van der Waals surface area (Å²) in [5.74, 6) is -0.702. The van der Waals surface area contributed by atoms with Crippen LogP contribution >= 0.6 is 0 Å². The van der Waals surface area contributed by atoms with Gasteiger partial charge in [-0.25, -0.2) is 0 Å². The maximum Gasteiger partial charge on any atom is 0.309 e. The zero-order chi connectivity index (χ0) is 15.9. The van der Waals surface area contributed by atoms with Crippen LogP contribution in [0.2, 0.25) is 0 Å². The van der Waals surface area contributed by atoms with Crippen molar-refractivity contribution >= 4 is 11.9 Å². The second-order valence-corrected chi connectivity index (χ2v) is 5.79. The van der Waals surface area contributed by atoms with E-state index in [-0.39, 0.29) is 11.9 Å². The fourth-order valence-electron chi connectivity index (χ4n) is 2.80. The van der Waals surface area contributed by atoms with Gasteiger partial charge in [0, 0.05) is 33.4 Å².